The van der Waals surface area contributed by atoms with Crippen molar-refractivity contribution in [3.05, 3.63) is 65.0 Å². The van der Waals surface area contributed by atoms with Gasteiger partial charge in [-0.1, -0.05) is 39.8 Å². The van der Waals surface area contributed by atoms with E-state index in [2.05, 4.69) is 16.4 Å². The van der Waals surface area contributed by atoms with Gasteiger partial charge < -0.3 is 0 Å². The lowest BCUT2D eigenvalue weighted by molar-refractivity contribution is 0.102. The number of anilines is 1. The van der Waals surface area contributed by atoms with E-state index in [1.54, 1.807) is 24.3 Å². The molecular weight excluding hydrogens is 468 g/mol. The highest BCUT2D eigenvalue weighted by molar-refractivity contribution is 7.89. The third-order valence-electron chi connectivity index (χ3n) is 4.93. The summed E-state index contributed by atoms with van der Waals surface area (Å²) < 4.78 is 27.8. The fraction of sp³-hybridized carbons (Fsp3) is 0.320. The number of benzene rings is 2. The molecule has 1 heterocycles. The highest BCUT2D eigenvalue weighted by Gasteiger charge is 2.26. The summed E-state index contributed by atoms with van der Waals surface area (Å²) in [5, 5.41) is 13.9. The summed E-state index contributed by atoms with van der Waals surface area (Å²) in [5.41, 5.74) is 2.45. The van der Waals surface area contributed by atoms with Gasteiger partial charge in [0.2, 0.25) is 10.0 Å². The average Bonchev–Trinajstić information content (AvgIpc) is 3.26. The maximum Gasteiger partial charge on any atom is 0.257 e. The summed E-state index contributed by atoms with van der Waals surface area (Å²) in [6.45, 7) is 8.83. The number of aromatic nitrogens is 1. The first-order valence-corrected chi connectivity index (χ1v) is 13.3. The molecule has 0 saturated carbocycles. The molecule has 0 radical (unpaired) electrons. The van der Waals surface area contributed by atoms with Crippen LogP contribution in [0.1, 0.15) is 43.6 Å². The van der Waals surface area contributed by atoms with Gasteiger partial charge in [-0.2, -0.15) is 9.57 Å². The van der Waals surface area contributed by atoms with E-state index in [1.165, 1.54) is 39.9 Å². The Morgan fingerprint density at radius 2 is 1.62 bits per heavy atom. The molecule has 1 aromatic heterocycles. The van der Waals surface area contributed by atoms with Crippen LogP contribution in [0.15, 0.2) is 58.8 Å². The predicted octanol–water partition coefficient (Wildman–Crippen LogP) is 5.24. The zero-order valence-electron chi connectivity index (χ0n) is 19.6. The lowest BCUT2D eigenvalue weighted by Crippen LogP contribution is -2.37. The number of nitrogens with one attached hydrogen (secondary N) is 1. The van der Waals surface area contributed by atoms with Crippen LogP contribution >= 0.6 is 11.3 Å². The van der Waals surface area contributed by atoms with Crippen molar-refractivity contribution in [3.63, 3.8) is 0 Å². The van der Waals surface area contributed by atoms with E-state index in [9.17, 15) is 13.2 Å². The Morgan fingerprint density at radius 3 is 2.15 bits per heavy atom. The summed E-state index contributed by atoms with van der Waals surface area (Å²) >= 11 is 1.29. The average molecular weight is 497 g/mol. The van der Waals surface area contributed by atoms with Gasteiger partial charge in [-0.25, -0.2) is 13.4 Å². The first-order chi connectivity index (χ1) is 16.1. The van der Waals surface area contributed by atoms with Crippen LogP contribution in [0.2, 0.25) is 0 Å². The number of amides is 1. The van der Waals surface area contributed by atoms with Crippen molar-refractivity contribution in [2.24, 2.45) is 11.8 Å². The van der Waals surface area contributed by atoms with Crippen molar-refractivity contribution in [3.8, 4) is 17.3 Å². The van der Waals surface area contributed by atoms with Crippen LogP contribution in [0.5, 0.6) is 0 Å². The number of carbonyl (C=O) groups excluding carboxylic acids is 1. The minimum atomic E-state index is -3.65. The molecule has 0 bridgehead atoms. The van der Waals surface area contributed by atoms with E-state index >= 15 is 0 Å². The van der Waals surface area contributed by atoms with Crippen LogP contribution in [0.3, 0.4) is 0 Å². The molecule has 0 spiro atoms. The number of nitriles is 1. The van der Waals surface area contributed by atoms with Gasteiger partial charge in [-0.15, -0.1) is 11.3 Å². The lowest BCUT2D eigenvalue weighted by Gasteiger charge is -2.25. The molecule has 0 aliphatic carbocycles. The van der Waals surface area contributed by atoms with Gasteiger partial charge in [0.05, 0.1) is 22.2 Å². The molecule has 0 saturated heterocycles. The molecule has 3 aromatic rings. The number of hydrogen-bond acceptors (Lipinski definition) is 6. The van der Waals surface area contributed by atoms with Crippen molar-refractivity contribution in [2.45, 2.75) is 32.6 Å². The maximum atomic E-state index is 13.2. The second-order valence-corrected chi connectivity index (χ2v) is 11.6. The van der Waals surface area contributed by atoms with Gasteiger partial charge in [0.25, 0.3) is 5.91 Å². The normalized spacial score (nSPS) is 11.7. The molecule has 178 valence electrons. The molecule has 3 rings (SSSR count). The SMILES string of the molecule is CC(C)CN(CC(C)C)S(=O)(=O)c1ccc(C(=O)Nc2nc(-c3ccc(C#N)cc3)cs2)cc1. The first kappa shape index (κ1) is 25.6. The van der Waals surface area contributed by atoms with E-state index < -0.39 is 10.0 Å². The van der Waals surface area contributed by atoms with Crippen LogP contribution < -0.4 is 5.32 Å². The number of rotatable bonds is 9. The van der Waals surface area contributed by atoms with Crippen LogP contribution in [-0.2, 0) is 10.0 Å². The molecule has 0 aliphatic rings. The van der Waals surface area contributed by atoms with E-state index in [-0.39, 0.29) is 22.6 Å². The maximum absolute atomic E-state index is 13.2. The largest absolute Gasteiger partial charge is 0.298 e. The Bertz CT molecular complexity index is 1260. The summed E-state index contributed by atoms with van der Waals surface area (Å²) in [5.74, 6) is 0.0305. The zero-order chi connectivity index (χ0) is 24.9. The molecule has 0 fully saturated rings. The Labute approximate surface area is 205 Å². The molecule has 0 atom stereocenters. The summed E-state index contributed by atoms with van der Waals surface area (Å²) in [6.07, 6.45) is 0. The quantitative estimate of drug-likeness (QED) is 0.436. The molecule has 7 nitrogen and oxygen atoms in total. The Balaban J connectivity index is 1.72. The van der Waals surface area contributed by atoms with Crippen molar-refractivity contribution < 1.29 is 13.2 Å². The zero-order valence-corrected chi connectivity index (χ0v) is 21.3. The van der Waals surface area contributed by atoms with Crippen molar-refractivity contribution in [1.29, 1.82) is 5.26 Å². The fourth-order valence-corrected chi connectivity index (χ4v) is 5.84. The van der Waals surface area contributed by atoms with E-state index in [4.69, 9.17) is 5.26 Å². The highest BCUT2D eigenvalue weighted by Crippen LogP contribution is 2.26. The second kappa shape index (κ2) is 10.9. The van der Waals surface area contributed by atoms with Gasteiger partial charge in [-0.3, -0.25) is 10.1 Å². The minimum Gasteiger partial charge on any atom is -0.298 e. The smallest absolute Gasteiger partial charge is 0.257 e. The van der Waals surface area contributed by atoms with Crippen LogP contribution in [0.25, 0.3) is 11.3 Å². The first-order valence-electron chi connectivity index (χ1n) is 11.0. The Kier molecular flexibility index (Phi) is 8.20. The monoisotopic (exact) mass is 496 g/mol. The van der Waals surface area contributed by atoms with Gasteiger partial charge in [0.1, 0.15) is 0 Å². The third-order valence-corrected chi connectivity index (χ3v) is 7.53. The Hall–Kier alpha value is -3.06. The molecular formula is C25H28N4O3S2. The fourth-order valence-electron chi connectivity index (χ4n) is 3.36. The van der Waals surface area contributed by atoms with Crippen LogP contribution in [0, 0.1) is 23.2 Å². The number of hydrogen-bond donors (Lipinski definition) is 1. The van der Waals surface area contributed by atoms with Crippen molar-refractivity contribution in [1.82, 2.24) is 9.29 Å². The van der Waals surface area contributed by atoms with Crippen LogP contribution in [0.4, 0.5) is 5.13 Å². The third kappa shape index (κ3) is 6.29. The standard InChI is InChI=1S/C25H28N4O3S2/c1-17(2)14-29(15-18(3)4)34(31,32)22-11-9-21(10-12-22)24(30)28-25-27-23(16-33-25)20-7-5-19(13-26)6-8-20/h5-12,16-18H,14-15H2,1-4H3,(H,27,28,30). The molecule has 1 N–H and O–H groups in total. The van der Waals surface area contributed by atoms with Gasteiger partial charge >= 0.3 is 0 Å². The number of sulfonamides is 1. The molecule has 9 heteroatoms. The summed E-state index contributed by atoms with van der Waals surface area (Å²) in [4.78, 5) is 17.3. The van der Waals surface area contributed by atoms with E-state index in [1.807, 2.05) is 33.1 Å². The van der Waals surface area contributed by atoms with E-state index in [0.717, 1.165) is 5.56 Å². The van der Waals surface area contributed by atoms with E-state index in [0.29, 0.717) is 35.0 Å². The van der Waals surface area contributed by atoms with Crippen LogP contribution in [-0.4, -0.2) is 36.7 Å². The van der Waals surface area contributed by atoms with Gasteiger partial charge in [0, 0.05) is 29.6 Å². The van der Waals surface area contributed by atoms with Gasteiger partial charge in [-0.05, 0) is 48.2 Å². The predicted molar refractivity (Wildman–Crippen MR) is 135 cm³/mol. The molecule has 34 heavy (non-hydrogen) atoms. The number of nitrogens with zero attached hydrogens (tertiary/aromatic N) is 3. The number of thiazole rings is 1. The Morgan fingerprint density at radius 1 is 1.03 bits per heavy atom. The van der Waals surface area contributed by atoms with Gasteiger partial charge in [0.15, 0.2) is 5.13 Å². The molecule has 2 aromatic carbocycles. The number of carbonyl (C=O) groups is 1. The molecule has 0 aliphatic heterocycles. The molecule has 0 unspecified atom stereocenters. The summed E-state index contributed by atoms with van der Waals surface area (Å²) in [7, 11) is -3.65. The lowest BCUT2D eigenvalue weighted by atomic mass is 10.1. The topological polar surface area (TPSA) is 103 Å². The minimum absolute atomic E-state index is 0.169. The van der Waals surface area contributed by atoms with Crippen molar-refractivity contribution >= 4 is 32.4 Å². The van der Waals surface area contributed by atoms with Crippen molar-refractivity contribution in [2.75, 3.05) is 18.4 Å². The molecule has 1 amide bonds. The summed E-state index contributed by atoms with van der Waals surface area (Å²) in [6, 6.07) is 15.1. The second-order valence-electron chi connectivity index (χ2n) is 8.82. The highest BCUT2D eigenvalue weighted by atomic mass is 32.2.